The third-order valence-corrected chi connectivity index (χ3v) is 2.57. The molecule has 0 aromatic carbocycles. The molecule has 2 nitrogen and oxygen atoms in total. The topological polar surface area (TPSA) is 29.3 Å². The molecular formula is C11H23F3N2. The molecule has 2 N–H and O–H groups in total. The maximum atomic E-state index is 12.4. The summed E-state index contributed by atoms with van der Waals surface area (Å²) >= 11 is 0. The molecule has 0 aromatic rings. The van der Waals surface area contributed by atoms with Crippen molar-refractivity contribution in [3.8, 4) is 0 Å². The van der Waals surface area contributed by atoms with Gasteiger partial charge in [0.1, 0.15) is 0 Å². The van der Waals surface area contributed by atoms with Crippen LogP contribution >= 0.6 is 0 Å². The third-order valence-electron chi connectivity index (χ3n) is 2.57. The highest BCUT2D eigenvalue weighted by molar-refractivity contribution is 4.89. The molecule has 0 spiro atoms. The Bertz CT molecular complexity index is 206. The summed E-state index contributed by atoms with van der Waals surface area (Å²) in [5.41, 5.74) is 5.54. The molecular weight excluding hydrogens is 217 g/mol. The number of likely N-dealkylation sites (N-methyl/N-ethyl adjacent to an activating group) is 1. The standard InChI is InChI=1S/C11H23F3N2/c1-6-16(7-11(12,13)14)9(8(2)15)10(3,4)5/h8-9H,6-7,15H2,1-5H3. The fourth-order valence-electron chi connectivity index (χ4n) is 2.31. The minimum absolute atomic E-state index is 0.268. The lowest BCUT2D eigenvalue weighted by Crippen LogP contribution is -2.55. The summed E-state index contributed by atoms with van der Waals surface area (Å²) in [5.74, 6) is 0. The minimum Gasteiger partial charge on any atom is -0.327 e. The van der Waals surface area contributed by atoms with Gasteiger partial charge in [-0.05, 0) is 18.9 Å². The van der Waals surface area contributed by atoms with E-state index in [9.17, 15) is 13.2 Å². The van der Waals surface area contributed by atoms with Crippen LogP contribution in [0.15, 0.2) is 0 Å². The van der Waals surface area contributed by atoms with Gasteiger partial charge < -0.3 is 5.73 Å². The first-order valence-corrected chi connectivity index (χ1v) is 5.55. The van der Waals surface area contributed by atoms with E-state index in [1.54, 1.807) is 13.8 Å². The molecule has 0 heterocycles. The van der Waals surface area contributed by atoms with Gasteiger partial charge in [-0.25, -0.2) is 0 Å². The molecule has 0 radical (unpaired) electrons. The van der Waals surface area contributed by atoms with Crippen LogP contribution in [0.4, 0.5) is 13.2 Å². The Kier molecular flexibility index (Phi) is 5.26. The number of hydrogen-bond acceptors (Lipinski definition) is 2. The third kappa shape index (κ3) is 5.16. The van der Waals surface area contributed by atoms with Crippen LogP contribution in [0.5, 0.6) is 0 Å². The second-order valence-electron chi connectivity index (χ2n) is 5.35. The zero-order valence-corrected chi connectivity index (χ0v) is 10.7. The van der Waals surface area contributed by atoms with Crippen LogP contribution in [-0.4, -0.2) is 36.2 Å². The van der Waals surface area contributed by atoms with Gasteiger partial charge in [0.2, 0.25) is 0 Å². The normalized spacial score (nSPS) is 17.6. The lowest BCUT2D eigenvalue weighted by atomic mass is 9.82. The lowest BCUT2D eigenvalue weighted by Gasteiger charge is -2.42. The van der Waals surface area contributed by atoms with E-state index in [0.29, 0.717) is 6.54 Å². The molecule has 2 atom stereocenters. The van der Waals surface area contributed by atoms with Crippen molar-refractivity contribution >= 4 is 0 Å². The molecule has 0 saturated carbocycles. The van der Waals surface area contributed by atoms with Gasteiger partial charge in [-0.15, -0.1) is 0 Å². The second kappa shape index (κ2) is 5.36. The maximum Gasteiger partial charge on any atom is 0.401 e. The summed E-state index contributed by atoms with van der Waals surface area (Å²) in [7, 11) is 0. The van der Waals surface area contributed by atoms with Gasteiger partial charge >= 0.3 is 6.18 Å². The highest BCUT2D eigenvalue weighted by Gasteiger charge is 2.38. The predicted molar refractivity (Wildman–Crippen MR) is 60.2 cm³/mol. The SMILES string of the molecule is CCN(CC(F)(F)F)C(C(C)N)C(C)(C)C. The molecule has 0 rings (SSSR count). The van der Waals surface area contributed by atoms with Crippen molar-refractivity contribution < 1.29 is 13.2 Å². The highest BCUT2D eigenvalue weighted by atomic mass is 19.4. The Morgan fingerprint density at radius 1 is 1.19 bits per heavy atom. The van der Waals surface area contributed by atoms with E-state index in [4.69, 9.17) is 5.73 Å². The van der Waals surface area contributed by atoms with Crippen molar-refractivity contribution in [1.29, 1.82) is 0 Å². The van der Waals surface area contributed by atoms with E-state index in [1.165, 1.54) is 4.90 Å². The van der Waals surface area contributed by atoms with Gasteiger partial charge in [-0.1, -0.05) is 27.7 Å². The number of alkyl halides is 3. The Hall–Kier alpha value is -0.290. The molecule has 0 aliphatic carbocycles. The second-order valence-corrected chi connectivity index (χ2v) is 5.35. The average molecular weight is 240 g/mol. The molecule has 0 aromatic heterocycles. The van der Waals surface area contributed by atoms with Crippen LogP contribution in [0, 0.1) is 5.41 Å². The predicted octanol–water partition coefficient (Wildman–Crippen LogP) is 2.63. The van der Waals surface area contributed by atoms with Crippen molar-refractivity contribution in [2.45, 2.75) is 52.9 Å². The Labute approximate surface area is 96.0 Å². The monoisotopic (exact) mass is 240 g/mol. The van der Waals surface area contributed by atoms with Crippen molar-refractivity contribution in [2.24, 2.45) is 11.1 Å². The van der Waals surface area contributed by atoms with E-state index in [0.717, 1.165) is 0 Å². The summed E-state index contributed by atoms with van der Waals surface area (Å²) in [5, 5.41) is 0. The molecule has 2 unspecified atom stereocenters. The molecule has 98 valence electrons. The molecule has 16 heavy (non-hydrogen) atoms. The van der Waals surface area contributed by atoms with Crippen LogP contribution in [-0.2, 0) is 0 Å². The molecule has 0 fully saturated rings. The average Bonchev–Trinajstić information content (AvgIpc) is 1.96. The van der Waals surface area contributed by atoms with E-state index >= 15 is 0 Å². The summed E-state index contributed by atoms with van der Waals surface area (Å²) < 4.78 is 37.3. The van der Waals surface area contributed by atoms with E-state index in [2.05, 4.69) is 0 Å². The van der Waals surface area contributed by atoms with Crippen molar-refractivity contribution in [3.63, 3.8) is 0 Å². The van der Waals surface area contributed by atoms with Gasteiger partial charge in [0.25, 0.3) is 0 Å². The van der Waals surface area contributed by atoms with Crippen molar-refractivity contribution in [3.05, 3.63) is 0 Å². The number of nitrogens with two attached hydrogens (primary N) is 1. The first-order chi connectivity index (χ1) is 6.99. The van der Waals surface area contributed by atoms with Gasteiger partial charge in [-0.3, -0.25) is 4.90 Å². The van der Waals surface area contributed by atoms with Crippen LogP contribution < -0.4 is 5.73 Å². The first kappa shape index (κ1) is 15.7. The van der Waals surface area contributed by atoms with Crippen LogP contribution in [0.25, 0.3) is 0 Å². The summed E-state index contributed by atoms with van der Waals surface area (Å²) in [4.78, 5) is 1.41. The summed E-state index contributed by atoms with van der Waals surface area (Å²) in [6.45, 7) is 8.69. The van der Waals surface area contributed by atoms with Crippen molar-refractivity contribution in [1.82, 2.24) is 4.90 Å². The van der Waals surface area contributed by atoms with Gasteiger partial charge in [0.05, 0.1) is 6.54 Å². The minimum atomic E-state index is -4.17. The fraction of sp³-hybridized carbons (Fsp3) is 1.00. The number of halogens is 3. The number of hydrogen-bond donors (Lipinski definition) is 1. The Morgan fingerprint density at radius 3 is 1.81 bits per heavy atom. The zero-order chi connectivity index (χ0) is 13.1. The van der Waals surface area contributed by atoms with Crippen molar-refractivity contribution in [2.75, 3.05) is 13.1 Å². The molecule has 0 bridgehead atoms. The molecule has 0 amide bonds. The first-order valence-electron chi connectivity index (χ1n) is 5.55. The Balaban J connectivity index is 4.87. The maximum absolute atomic E-state index is 12.4. The van der Waals surface area contributed by atoms with Gasteiger partial charge in [-0.2, -0.15) is 13.2 Å². The van der Waals surface area contributed by atoms with E-state index in [-0.39, 0.29) is 17.5 Å². The quantitative estimate of drug-likeness (QED) is 0.818. The fourth-order valence-corrected chi connectivity index (χ4v) is 2.31. The molecule has 0 aliphatic heterocycles. The van der Waals surface area contributed by atoms with Crippen LogP contribution in [0.2, 0.25) is 0 Å². The molecule has 0 aliphatic rings. The largest absolute Gasteiger partial charge is 0.401 e. The lowest BCUT2D eigenvalue weighted by molar-refractivity contribution is -0.155. The molecule has 0 saturated heterocycles. The van der Waals surface area contributed by atoms with E-state index < -0.39 is 12.7 Å². The smallest absolute Gasteiger partial charge is 0.327 e. The van der Waals surface area contributed by atoms with E-state index in [1.807, 2.05) is 20.8 Å². The molecule has 5 heteroatoms. The van der Waals surface area contributed by atoms with Crippen LogP contribution in [0.1, 0.15) is 34.6 Å². The van der Waals surface area contributed by atoms with Gasteiger partial charge in [0.15, 0.2) is 0 Å². The zero-order valence-electron chi connectivity index (χ0n) is 10.7. The highest BCUT2D eigenvalue weighted by Crippen LogP contribution is 2.29. The number of rotatable bonds is 4. The summed E-state index contributed by atoms with van der Waals surface area (Å²) in [6, 6.07) is -0.568. The number of nitrogens with zero attached hydrogens (tertiary/aromatic N) is 1. The Morgan fingerprint density at radius 2 is 1.62 bits per heavy atom. The van der Waals surface area contributed by atoms with Crippen LogP contribution in [0.3, 0.4) is 0 Å². The van der Waals surface area contributed by atoms with Gasteiger partial charge in [0, 0.05) is 12.1 Å². The summed E-state index contributed by atoms with van der Waals surface area (Å²) in [6.07, 6.45) is -4.17.